The van der Waals surface area contributed by atoms with Crippen molar-refractivity contribution in [1.82, 2.24) is 4.90 Å². The lowest BCUT2D eigenvalue weighted by Crippen LogP contribution is -2.38. The van der Waals surface area contributed by atoms with Crippen LogP contribution >= 0.6 is 27.3 Å². The second-order valence-electron chi connectivity index (χ2n) is 4.17. The summed E-state index contributed by atoms with van der Waals surface area (Å²) in [6, 6.07) is 2.11. The fraction of sp³-hybridized carbons (Fsp3) is 0.545. The maximum absolute atomic E-state index is 10.9. The van der Waals surface area contributed by atoms with Crippen molar-refractivity contribution < 1.29 is 9.90 Å². The molecule has 1 atom stereocenters. The second kappa shape index (κ2) is 4.75. The van der Waals surface area contributed by atoms with Gasteiger partial charge in [-0.15, -0.1) is 11.3 Å². The van der Waals surface area contributed by atoms with Gasteiger partial charge in [0.2, 0.25) is 0 Å². The maximum Gasteiger partial charge on any atom is 0.407 e. The molecule has 0 aromatic carbocycles. The summed E-state index contributed by atoms with van der Waals surface area (Å²) in [4.78, 5) is 13.8. The Hall–Kier alpha value is -0.550. The lowest BCUT2D eigenvalue weighted by molar-refractivity contribution is 0.131. The summed E-state index contributed by atoms with van der Waals surface area (Å²) in [6.45, 7) is 3.41. The largest absolute Gasteiger partial charge is 0.465 e. The van der Waals surface area contributed by atoms with Gasteiger partial charge in [0.25, 0.3) is 0 Å². The molecule has 0 radical (unpaired) electrons. The third-order valence-corrected chi connectivity index (χ3v) is 4.89. The van der Waals surface area contributed by atoms with E-state index in [0.717, 1.165) is 16.6 Å². The molecule has 3 nitrogen and oxygen atoms in total. The molecule has 1 aliphatic rings. The number of halogens is 1. The first-order chi connectivity index (χ1) is 7.58. The summed E-state index contributed by atoms with van der Waals surface area (Å²) in [6.07, 6.45) is 1.27. The molecule has 5 heteroatoms. The highest BCUT2D eigenvalue weighted by molar-refractivity contribution is 9.11. The first-order valence-electron chi connectivity index (χ1n) is 5.31. The van der Waals surface area contributed by atoms with E-state index in [9.17, 15) is 4.79 Å². The predicted octanol–water partition coefficient (Wildman–Crippen LogP) is 3.68. The van der Waals surface area contributed by atoms with Crippen molar-refractivity contribution in [1.29, 1.82) is 0 Å². The van der Waals surface area contributed by atoms with Crippen LogP contribution in [0.25, 0.3) is 0 Å². The first kappa shape index (κ1) is 11.9. The van der Waals surface area contributed by atoms with Gasteiger partial charge in [-0.05, 0) is 47.3 Å². The van der Waals surface area contributed by atoms with Crippen molar-refractivity contribution in [2.75, 3.05) is 13.1 Å². The number of carboxylic acid groups (broad SMARTS) is 1. The zero-order chi connectivity index (χ0) is 11.7. The fourth-order valence-electron chi connectivity index (χ4n) is 2.23. The van der Waals surface area contributed by atoms with Gasteiger partial charge in [-0.1, -0.05) is 0 Å². The van der Waals surface area contributed by atoms with Gasteiger partial charge in [0.05, 0.1) is 3.79 Å². The molecule has 0 saturated carbocycles. The molecular weight excluding hydrogens is 290 g/mol. The minimum atomic E-state index is -0.794. The summed E-state index contributed by atoms with van der Waals surface area (Å²) in [5.41, 5.74) is 1.27. The van der Waals surface area contributed by atoms with E-state index in [0.29, 0.717) is 19.0 Å². The fourth-order valence-corrected chi connectivity index (χ4v) is 4.12. The molecule has 88 valence electrons. The summed E-state index contributed by atoms with van der Waals surface area (Å²) in [5, 5.41) is 9.00. The van der Waals surface area contributed by atoms with E-state index in [1.165, 1.54) is 15.3 Å². The van der Waals surface area contributed by atoms with E-state index in [1.807, 2.05) is 0 Å². The molecule has 1 aromatic rings. The van der Waals surface area contributed by atoms with Crippen molar-refractivity contribution in [2.45, 2.75) is 25.7 Å². The van der Waals surface area contributed by atoms with Gasteiger partial charge < -0.3 is 10.0 Å². The highest BCUT2D eigenvalue weighted by atomic mass is 79.9. The average molecular weight is 304 g/mol. The minimum Gasteiger partial charge on any atom is -0.465 e. The molecule has 1 fully saturated rings. The van der Waals surface area contributed by atoms with Crippen LogP contribution in [0.3, 0.4) is 0 Å². The number of likely N-dealkylation sites (tertiary alicyclic amines) is 1. The van der Waals surface area contributed by atoms with Gasteiger partial charge in [0, 0.05) is 23.9 Å². The van der Waals surface area contributed by atoms with Crippen LogP contribution in [0.5, 0.6) is 0 Å². The van der Waals surface area contributed by atoms with Crippen LogP contribution in [0.2, 0.25) is 0 Å². The van der Waals surface area contributed by atoms with E-state index in [4.69, 9.17) is 5.11 Å². The highest BCUT2D eigenvalue weighted by Gasteiger charge is 2.26. The number of amides is 1. The van der Waals surface area contributed by atoms with Gasteiger partial charge in [-0.25, -0.2) is 4.79 Å². The molecule has 2 rings (SSSR count). The molecule has 0 aliphatic carbocycles. The first-order valence-corrected chi connectivity index (χ1v) is 6.92. The maximum atomic E-state index is 10.9. The number of thiophene rings is 1. The summed E-state index contributed by atoms with van der Waals surface area (Å²) >= 11 is 5.21. The van der Waals surface area contributed by atoms with E-state index >= 15 is 0 Å². The topological polar surface area (TPSA) is 40.5 Å². The van der Waals surface area contributed by atoms with Gasteiger partial charge in [0.1, 0.15) is 0 Å². The van der Waals surface area contributed by atoms with E-state index in [2.05, 4.69) is 28.9 Å². The van der Waals surface area contributed by atoms with Crippen LogP contribution in [-0.2, 0) is 0 Å². The Balaban J connectivity index is 2.15. The molecular formula is C11H14BrNO2S. The van der Waals surface area contributed by atoms with Gasteiger partial charge >= 0.3 is 6.09 Å². The number of nitrogens with zero attached hydrogens (tertiary/aromatic N) is 1. The monoisotopic (exact) mass is 303 g/mol. The highest BCUT2D eigenvalue weighted by Crippen LogP contribution is 2.36. The van der Waals surface area contributed by atoms with Crippen LogP contribution in [0.4, 0.5) is 4.79 Å². The average Bonchev–Trinajstić information content (AvgIpc) is 2.58. The number of piperidine rings is 1. The zero-order valence-electron chi connectivity index (χ0n) is 9.07. The van der Waals surface area contributed by atoms with Crippen molar-refractivity contribution in [3.63, 3.8) is 0 Å². The molecule has 1 N–H and O–H groups in total. The lowest BCUT2D eigenvalue weighted by atomic mass is 9.95. The van der Waals surface area contributed by atoms with Gasteiger partial charge in [-0.3, -0.25) is 0 Å². The summed E-state index contributed by atoms with van der Waals surface area (Å²) < 4.78 is 1.13. The quantitative estimate of drug-likeness (QED) is 0.860. The van der Waals surface area contributed by atoms with Crippen molar-refractivity contribution in [3.8, 4) is 0 Å². The molecule has 1 aliphatic heterocycles. The summed E-state index contributed by atoms with van der Waals surface area (Å²) in [7, 11) is 0. The zero-order valence-corrected chi connectivity index (χ0v) is 11.5. The number of rotatable bonds is 1. The third kappa shape index (κ3) is 2.40. The van der Waals surface area contributed by atoms with Crippen LogP contribution in [-0.4, -0.2) is 29.2 Å². The van der Waals surface area contributed by atoms with Crippen LogP contribution in [0.15, 0.2) is 9.85 Å². The molecule has 1 aromatic heterocycles. The minimum absolute atomic E-state index is 0.376. The normalized spacial score (nSPS) is 21.1. The van der Waals surface area contributed by atoms with Crippen molar-refractivity contribution >= 4 is 33.4 Å². The Kier molecular flexibility index (Phi) is 3.54. The number of carbonyl (C=O) groups is 1. The Bertz CT molecular complexity index is 405. The number of hydrogen-bond donors (Lipinski definition) is 1. The molecule has 1 saturated heterocycles. The Morgan fingerprint density at radius 2 is 2.44 bits per heavy atom. The van der Waals surface area contributed by atoms with Crippen LogP contribution in [0.1, 0.15) is 29.2 Å². The number of hydrogen-bond acceptors (Lipinski definition) is 2. The Morgan fingerprint density at radius 1 is 1.69 bits per heavy atom. The van der Waals surface area contributed by atoms with E-state index < -0.39 is 6.09 Å². The van der Waals surface area contributed by atoms with E-state index in [1.54, 1.807) is 11.3 Å². The third-order valence-electron chi connectivity index (χ3n) is 2.99. The van der Waals surface area contributed by atoms with Crippen molar-refractivity contribution in [3.05, 3.63) is 20.3 Å². The smallest absolute Gasteiger partial charge is 0.407 e. The summed E-state index contributed by atoms with van der Waals surface area (Å²) in [5.74, 6) is 0.376. The Labute approximate surface area is 107 Å². The van der Waals surface area contributed by atoms with Crippen molar-refractivity contribution in [2.24, 2.45) is 0 Å². The van der Waals surface area contributed by atoms with Gasteiger partial charge in [0.15, 0.2) is 0 Å². The van der Waals surface area contributed by atoms with Gasteiger partial charge in [-0.2, -0.15) is 0 Å². The molecule has 1 unspecified atom stereocenters. The van der Waals surface area contributed by atoms with Crippen LogP contribution in [0, 0.1) is 6.92 Å². The van der Waals surface area contributed by atoms with E-state index in [-0.39, 0.29) is 0 Å². The Morgan fingerprint density at radius 3 is 3.00 bits per heavy atom. The lowest BCUT2D eigenvalue weighted by Gasteiger charge is -2.30. The molecule has 16 heavy (non-hydrogen) atoms. The second-order valence-corrected chi connectivity index (χ2v) is 6.63. The molecule has 1 amide bonds. The standard InChI is InChI=1S/C11H14BrNO2S/c1-7-5-9(12)16-10(7)8-3-2-4-13(6-8)11(14)15/h5,8H,2-4,6H2,1H3,(H,14,15). The molecule has 0 bridgehead atoms. The van der Waals surface area contributed by atoms with Crippen LogP contribution < -0.4 is 0 Å². The SMILES string of the molecule is Cc1cc(Br)sc1C1CCCN(C(=O)O)C1. The predicted molar refractivity (Wildman–Crippen MR) is 68.3 cm³/mol. The number of aryl methyl sites for hydroxylation is 1. The molecule has 0 spiro atoms. The molecule has 2 heterocycles.